The minimum absolute atomic E-state index is 0.0113. The van der Waals surface area contributed by atoms with Gasteiger partial charge in [0.15, 0.2) is 6.61 Å². The van der Waals surface area contributed by atoms with Gasteiger partial charge in [-0.3, -0.25) is 14.5 Å². The summed E-state index contributed by atoms with van der Waals surface area (Å²) in [7, 11) is 0. The molecule has 0 aliphatic carbocycles. The standard InChI is InChI=1S/C26H33N3O3/c1-21-18-27(19-22-8-4-2-5-9-22)16-17-29(21)26(31)23-12-14-28(15-13-23)25(30)20-32-24-10-6-3-7-11-24/h2-11,21,23H,12-20H2,1H3. The number of hydrogen-bond acceptors (Lipinski definition) is 4. The van der Waals surface area contributed by atoms with Crippen LogP contribution >= 0.6 is 0 Å². The highest BCUT2D eigenvalue weighted by Crippen LogP contribution is 2.23. The molecular weight excluding hydrogens is 402 g/mol. The van der Waals surface area contributed by atoms with Gasteiger partial charge in [0, 0.05) is 51.2 Å². The van der Waals surface area contributed by atoms with E-state index in [1.165, 1.54) is 5.56 Å². The molecule has 2 amide bonds. The fraction of sp³-hybridized carbons (Fsp3) is 0.462. The first-order chi connectivity index (χ1) is 15.6. The van der Waals surface area contributed by atoms with Gasteiger partial charge >= 0.3 is 0 Å². The molecule has 2 fully saturated rings. The van der Waals surface area contributed by atoms with Gasteiger partial charge in [-0.05, 0) is 37.5 Å². The topological polar surface area (TPSA) is 53.1 Å². The van der Waals surface area contributed by atoms with Crippen LogP contribution in [0, 0.1) is 5.92 Å². The van der Waals surface area contributed by atoms with Gasteiger partial charge in [-0.15, -0.1) is 0 Å². The summed E-state index contributed by atoms with van der Waals surface area (Å²) in [5.74, 6) is 0.954. The van der Waals surface area contributed by atoms with Gasteiger partial charge in [0.05, 0.1) is 0 Å². The lowest BCUT2D eigenvalue weighted by Gasteiger charge is -2.42. The van der Waals surface area contributed by atoms with Crippen molar-refractivity contribution in [1.29, 1.82) is 0 Å². The molecule has 0 saturated carbocycles. The Morgan fingerprint density at radius 2 is 1.56 bits per heavy atom. The Balaban J connectivity index is 1.21. The maximum atomic E-state index is 13.2. The zero-order valence-electron chi connectivity index (χ0n) is 18.9. The van der Waals surface area contributed by atoms with E-state index >= 15 is 0 Å². The monoisotopic (exact) mass is 435 g/mol. The number of likely N-dealkylation sites (tertiary alicyclic amines) is 1. The molecule has 2 aromatic carbocycles. The molecule has 1 unspecified atom stereocenters. The number of hydrogen-bond donors (Lipinski definition) is 0. The average molecular weight is 436 g/mol. The predicted molar refractivity (Wildman–Crippen MR) is 124 cm³/mol. The fourth-order valence-corrected chi connectivity index (χ4v) is 4.71. The Bertz CT molecular complexity index is 882. The first kappa shape index (κ1) is 22.3. The number of amides is 2. The molecule has 2 saturated heterocycles. The fourth-order valence-electron chi connectivity index (χ4n) is 4.71. The van der Waals surface area contributed by atoms with E-state index in [1.54, 1.807) is 0 Å². The molecule has 6 heteroatoms. The van der Waals surface area contributed by atoms with E-state index in [4.69, 9.17) is 4.74 Å². The SMILES string of the molecule is CC1CN(Cc2ccccc2)CCN1C(=O)C1CCN(C(=O)COc2ccccc2)CC1. The van der Waals surface area contributed by atoms with Crippen LogP contribution < -0.4 is 4.74 Å². The van der Waals surface area contributed by atoms with Crippen molar-refractivity contribution in [2.24, 2.45) is 5.92 Å². The van der Waals surface area contributed by atoms with Crippen molar-refractivity contribution >= 4 is 11.8 Å². The molecule has 2 aliphatic heterocycles. The second kappa shape index (κ2) is 10.6. The quantitative estimate of drug-likeness (QED) is 0.700. The van der Waals surface area contributed by atoms with Crippen LogP contribution in [-0.4, -0.2) is 71.9 Å². The summed E-state index contributed by atoms with van der Waals surface area (Å²) in [6.07, 6.45) is 1.46. The minimum Gasteiger partial charge on any atom is -0.484 e. The molecule has 4 rings (SSSR count). The Morgan fingerprint density at radius 1 is 0.906 bits per heavy atom. The number of piperidine rings is 1. The van der Waals surface area contributed by atoms with Crippen molar-refractivity contribution in [3.8, 4) is 5.75 Å². The molecule has 2 aliphatic rings. The molecule has 2 heterocycles. The Labute approximate surface area is 190 Å². The lowest BCUT2D eigenvalue weighted by Crippen LogP contribution is -2.56. The largest absolute Gasteiger partial charge is 0.484 e. The van der Waals surface area contributed by atoms with Crippen LogP contribution in [0.4, 0.5) is 0 Å². The lowest BCUT2D eigenvalue weighted by atomic mass is 9.94. The van der Waals surface area contributed by atoms with E-state index in [0.29, 0.717) is 18.8 Å². The van der Waals surface area contributed by atoms with Crippen molar-refractivity contribution in [3.63, 3.8) is 0 Å². The second-order valence-electron chi connectivity index (χ2n) is 8.86. The third-order valence-corrected chi connectivity index (χ3v) is 6.55. The Kier molecular flexibility index (Phi) is 7.43. The molecule has 6 nitrogen and oxygen atoms in total. The third-order valence-electron chi connectivity index (χ3n) is 6.55. The highest BCUT2D eigenvalue weighted by Gasteiger charge is 2.34. The summed E-state index contributed by atoms with van der Waals surface area (Å²) in [4.78, 5) is 32.0. The van der Waals surface area contributed by atoms with Crippen molar-refractivity contribution in [2.45, 2.75) is 32.4 Å². The van der Waals surface area contributed by atoms with Gasteiger partial charge in [0.1, 0.15) is 5.75 Å². The molecule has 0 aromatic heterocycles. The van der Waals surface area contributed by atoms with Gasteiger partial charge in [-0.2, -0.15) is 0 Å². The smallest absolute Gasteiger partial charge is 0.260 e. The molecule has 0 radical (unpaired) electrons. The van der Waals surface area contributed by atoms with Crippen molar-refractivity contribution < 1.29 is 14.3 Å². The van der Waals surface area contributed by atoms with Crippen LogP contribution in [-0.2, 0) is 16.1 Å². The summed E-state index contributed by atoms with van der Waals surface area (Å²) in [6, 6.07) is 20.1. The van der Waals surface area contributed by atoms with Gasteiger partial charge < -0.3 is 14.5 Å². The maximum absolute atomic E-state index is 13.2. The Morgan fingerprint density at radius 3 is 2.22 bits per heavy atom. The number of rotatable bonds is 6. The predicted octanol–water partition coefficient (Wildman–Crippen LogP) is 3.04. The van der Waals surface area contributed by atoms with E-state index in [1.807, 2.05) is 41.3 Å². The Hall–Kier alpha value is -2.86. The van der Waals surface area contributed by atoms with Crippen LogP contribution in [0.1, 0.15) is 25.3 Å². The van der Waals surface area contributed by atoms with Crippen LogP contribution in [0.3, 0.4) is 0 Å². The van der Waals surface area contributed by atoms with Crippen molar-refractivity contribution in [1.82, 2.24) is 14.7 Å². The number of benzene rings is 2. The second-order valence-corrected chi connectivity index (χ2v) is 8.86. The normalized spacial score (nSPS) is 20.2. The van der Waals surface area contributed by atoms with Gasteiger partial charge in [0.2, 0.25) is 5.91 Å². The van der Waals surface area contributed by atoms with E-state index in [-0.39, 0.29) is 30.4 Å². The van der Waals surface area contributed by atoms with Crippen molar-refractivity contribution in [3.05, 3.63) is 66.2 Å². The molecule has 32 heavy (non-hydrogen) atoms. The number of para-hydroxylation sites is 1. The van der Waals surface area contributed by atoms with E-state index in [0.717, 1.165) is 39.0 Å². The summed E-state index contributed by atoms with van der Waals surface area (Å²) in [5.41, 5.74) is 1.31. The zero-order chi connectivity index (χ0) is 22.3. The molecule has 2 aromatic rings. The van der Waals surface area contributed by atoms with Crippen LogP contribution in [0.15, 0.2) is 60.7 Å². The number of ether oxygens (including phenoxy) is 1. The first-order valence-corrected chi connectivity index (χ1v) is 11.6. The highest BCUT2D eigenvalue weighted by molar-refractivity contribution is 5.81. The van der Waals surface area contributed by atoms with Crippen LogP contribution in [0.5, 0.6) is 5.75 Å². The zero-order valence-corrected chi connectivity index (χ0v) is 18.9. The van der Waals surface area contributed by atoms with Gasteiger partial charge in [-0.1, -0.05) is 48.5 Å². The van der Waals surface area contributed by atoms with Gasteiger partial charge in [0.25, 0.3) is 5.91 Å². The highest BCUT2D eigenvalue weighted by atomic mass is 16.5. The summed E-state index contributed by atoms with van der Waals surface area (Å²) in [5, 5.41) is 0. The molecule has 1 atom stereocenters. The van der Waals surface area contributed by atoms with E-state index in [2.05, 4.69) is 41.0 Å². The average Bonchev–Trinajstić information content (AvgIpc) is 2.84. The van der Waals surface area contributed by atoms with E-state index in [9.17, 15) is 9.59 Å². The molecule has 0 bridgehead atoms. The number of nitrogens with zero attached hydrogens (tertiary/aromatic N) is 3. The molecular formula is C26H33N3O3. The number of piperazine rings is 1. The summed E-state index contributed by atoms with van der Waals surface area (Å²) in [6.45, 7) is 6.94. The van der Waals surface area contributed by atoms with Crippen molar-refractivity contribution in [2.75, 3.05) is 39.3 Å². The molecule has 0 spiro atoms. The maximum Gasteiger partial charge on any atom is 0.260 e. The minimum atomic E-state index is -0.0114. The molecule has 0 N–H and O–H groups in total. The van der Waals surface area contributed by atoms with Gasteiger partial charge in [-0.25, -0.2) is 0 Å². The number of carbonyl (C=O) groups is 2. The summed E-state index contributed by atoms with van der Waals surface area (Å²) >= 11 is 0. The molecule has 170 valence electrons. The lowest BCUT2D eigenvalue weighted by molar-refractivity contribution is -0.144. The third kappa shape index (κ3) is 5.68. The first-order valence-electron chi connectivity index (χ1n) is 11.6. The van der Waals surface area contributed by atoms with Crippen LogP contribution in [0.2, 0.25) is 0 Å². The summed E-state index contributed by atoms with van der Waals surface area (Å²) < 4.78 is 5.59. The van der Waals surface area contributed by atoms with E-state index < -0.39 is 0 Å². The number of carbonyl (C=O) groups excluding carboxylic acids is 2. The van der Waals surface area contributed by atoms with Crippen LogP contribution in [0.25, 0.3) is 0 Å².